The summed E-state index contributed by atoms with van der Waals surface area (Å²) in [5.41, 5.74) is 0. The average molecular weight is 286 g/mol. The normalized spacial score (nSPS) is 10.8. The molecule has 6 heteroatoms. The summed E-state index contributed by atoms with van der Waals surface area (Å²) >= 11 is 0. The van der Waals surface area contributed by atoms with Crippen LogP contribution in [-0.2, 0) is 24.0 Å². The van der Waals surface area contributed by atoms with Gasteiger partial charge < -0.3 is 9.90 Å². The SMILES string of the molecule is CC(=O)C(=O)CCC(C)O.CC(=O)CCC(=O)C(C)=O. The highest BCUT2D eigenvalue weighted by molar-refractivity contribution is 6.36. The third-order valence-corrected chi connectivity index (χ3v) is 2.28. The van der Waals surface area contributed by atoms with Crippen molar-refractivity contribution in [2.45, 2.75) is 59.5 Å². The standard InChI is InChI=1S/C7H12O3.C7H10O3/c2*1-5(8)3-4-7(10)6(2)9/h5,8H,3-4H2,1-2H3;3-4H2,1-2H3. The zero-order valence-corrected chi connectivity index (χ0v) is 12.4. The molecule has 20 heavy (non-hydrogen) atoms. The van der Waals surface area contributed by atoms with E-state index in [0.29, 0.717) is 6.42 Å². The number of ketones is 5. The number of hydrogen-bond acceptors (Lipinski definition) is 6. The Morgan fingerprint density at radius 2 is 1.20 bits per heavy atom. The van der Waals surface area contributed by atoms with Gasteiger partial charge in [0, 0.05) is 33.1 Å². The Morgan fingerprint density at radius 3 is 1.50 bits per heavy atom. The van der Waals surface area contributed by atoms with Crippen molar-refractivity contribution in [3.63, 3.8) is 0 Å². The van der Waals surface area contributed by atoms with Crippen LogP contribution in [0.3, 0.4) is 0 Å². The molecule has 0 aliphatic heterocycles. The molecule has 0 aliphatic rings. The number of carbonyl (C=O) groups excluding carboxylic acids is 5. The van der Waals surface area contributed by atoms with Crippen molar-refractivity contribution in [1.29, 1.82) is 0 Å². The van der Waals surface area contributed by atoms with E-state index in [1.807, 2.05) is 0 Å². The summed E-state index contributed by atoms with van der Waals surface area (Å²) in [6.07, 6.45) is 0.275. The van der Waals surface area contributed by atoms with Crippen molar-refractivity contribution < 1.29 is 29.1 Å². The van der Waals surface area contributed by atoms with Gasteiger partial charge in [0.2, 0.25) is 0 Å². The molecule has 0 saturated heterocycles. The van der Waals surface area contributed by atoms with Gasteiger partial charge in [-0.3, -0.25) is 19.2 Å². The lowest BCUT2D eigenvalue weighted by Gasteiger charge is -1.99. The van der Waals surface area contributed by atoms with Gasteiger partial charge in [-0.05, 0) is 20.3 Å². The van der Waals surface area contributed by atoms with Crippen LogP contribution in [0.1, 0.15) is 53.4 Å². The predicted molar refractivity (Wildman–Crippen MR) is 72.2 cm³/mol. The fourth-order valence-corrected chi connectivity index (χ4v) is 0.982. The van der Waals surface area contributed by atoms with E-state index in [1.54, 1.807) is 6.92 Å². The van der Waals surface area contributed by atoms with Crippen molar-refractivity contribution in [3.8, 4) is 0 Å². The Hall–Kier alpha value is -1.69. The van der Waals surface area contributed by atoms with Crippen molar-refractivity contribution in [3.05, 3.63) is 0 Å². The first kappa shape index (κ1) is 20.6. The Bertz CT molecular complexity index is 381. The van der Waals surface area contributed by atoms with Gasteiger partial charge in [-0.2, -0.15) is 0 Å². The third kappa shape index (κ3) is 14.4. The number of aliphatic hydroxyl groups is 1. The number of hydrogen-bond donors (Lipinski definition) is 1. The maximum absolute atomic E-state index is 10.6. The molecule has 6 nitrogen and oxygen atoms in total. The summed E-state index contributed by atoms with van der Waals surface area (Å²) < 4.78 is 0. The van der Waals surface area contributed by atoms with Crippen LogP contribution in [0.4, 0.5) is 0 Å². The monoisotopic (exact) mass is 286 g/mol. The lowest BCUT2D eigenvalue weighted by atomic mass is 10.1. The van der Waals surface area contributed by atoms with Crippen LogP contribution in [0.25, 0.3) is 0 Å². The Labute approximate surface area is 118 Å². The second kappa shape index (κ2) is 11.2. The molecule has 0 rings (SSSR count). The van der Waals surface area contributed by atoms with Crippen LogP contribution < -0.4 is 0 Å². The molecule has 0 aliphatic carbocycles. The molecule has 0 aromatic rings. The van der Waals surface area contributed by atoms with Gasteiger partial charge in [0.1, 0.15) is 5.78 Å². The van der Waals surface area contributed by atoms with Crippen LogP contribution >= 0.6 is 0 Å². The molecule has 0 aromatic carbocycles. The van der Waals surface area contributed by atoms with Gasteiger partial charge >= 0.3 is 0 Å². The summed E-state index contributed by atoms with van der Waals surface area (Å²) in [6, 6.07) is 0. The molecule has 1 atom stereocenters. The van der Waals surface area contributed by atoms with Crippen LogP contribution in [-0.4, -0.2) is 40.1 Å². The average Bonchev–Trinajstić information content (AvgIpc) is 2.33. The highest BCUT2D eigenvalue weighted by atomic mass is 16.3. The molecular formula is C14H22O6. The molecule has 0 saturated carbocycles. The summed E-state index contributed by atoms with van der Waals surface area (Å²) in [7, 11) is 0. The summed E-state index contributed by atoms with van der Waals surface area (Å²) in [4.78, 5) is 52.1. The minimum atomic E-state index is -0.497. The van der Waals surface area contributed by atoms with Crippen molar-refractivity contribution in [1.82, 2.24) is 0 Å². The largest absolute Gasteiger partial charge is 0.393 e. The zero-order chi connectivity index (χ0) is 16.3. The molecule has 0 amide bonds. The first-order valence-electron chi connectivity index (χ1n) is 6.33. The summed E-state index contributed by atoms with van der Waals surface area (Å²) in [5.74, 6) is -1.83. The topological polar surface area (TPSA) is 106 Å². The van der Waals surface area contributed by atoms with E-state index in [4.69, 9.17) is 5.11 Å². The maximum Gasteiger partial charge on any atom is 0.198 e. The van der Waals surface area contributed by atoms with Crippen LogP contribution in [0.15, 0.2) is 0 Å². The molecule has 0 radical (unpaired) electrons. The molecule has 0 aromatic heterocycles. The van der Waals surface area contributed by atoms with Crippen LogP contribution in [0.2, 0.25) is 0 Å². The van der Waals surface area contributed by atoms with Crippen molar-refractivity contribution in [2.75, 3.05) is 0 Å². The van der Waals surface area contributed by atoms with E-state index < -0.39 is 29.2 Å². The molecule has 1 unspecified atom stereocenters. The lowest BCUT2D eigenvalue weighted by Crippen LogP contribution is -2.12. The lowest BCUT2D eigenvalue weighted by molar-refractivity contribution is -0.135. The fourth-order valence-electron chi connectivity index (χ4n) is 0.982. The van der Waals surface area contributed by atoms with Crippen LogP contribution in [0.5, 0.6) is 0 Å². The Morgan fingerprint density at radius 1 is 0.800 bits per heavy atom. The van der Waals surface area contributed by atoms with Crippen LogP contribution in [0, 0.1) is 0 Å². The van der Waals surface area contributed by atoms with Gasteiger partial charge in [0.05, 0.1) is 6.10 Å². The minimum absolute atomic E-state index is 0.0602. The predicted octanol–water partition coefficient (Wildman–Crippen LogP) is 0.819. The summed E-state index contributed by atoms with van der Waals surface area (Å²) in [5, 5.41) is 8.72. The molecule has 0 heterocycles. The maximum atomic E-state index is 10.6. The second-order valence-electron chi connectivity index (χ2n) is 4.55. The van der Waals surface area contributed by atoms with Crippen molar-refractivity contribution >= 4 is 28.9 Å². The first-order chi connectivity index (χ1) is 9.07. The smallest absolute Gasteiger partial charge is 0.198 e. The van der Waals surface area contributed by atoms with E-state index in [1.165, 1.54) is 20.8 Å². The highest BCUT2D eigenvalue weighted by Crippen LogP contribution is 1.96. The van der Waals surface area contributed by atoms with E-state index in [2.05, 4.69) is 0 Å². The van der Waals surface area contributed by atoms with E-state index in [9.17, 15) is 24.0 Å². The third-order valence-electron chi connectivity index (χ3n) is 2.28. The molecule has 1 N–H and O–H groups in total. The van der Waals surface area contributed by atoms with Gasteiger partial charge in [-0.1, -0.05) is 0 Å². The Balaban J connectivity index is 0. The van der Waals surface area contributed by atoms with Gasteiger partial charge in [0.15, 0.2) is 23.1 Å². The van der Waals surface area contributed by atoms with E-state index in [0.717, 1.165) is 0 Å². The van der Waals surface area contributed by atoms with Gasteiger partial charge in [-0.25, -0.2) is 0 Å². The van der Waals surface area contributed by atoms with E-state index in [-0.39, 0.29) is 25.0 Å². The Kier molecular flexibility index (Phi) is 11.5. The minimum Gasteiger partial charge on any atom is -0.393 e. The molecule has 0 spiro atoms. The fraction of sp³-hybridized carbons (Fsp3) is 0.643. The number of rotatable bonds is 8. The number of carbonyl (C=O) groups is 5. The molecular weight excluding hydrogens is 264 g/mol. The zero-order valence-electron chi connectivity index (χ0n) is 12.4. The quantitative estimate of drug-likeness (QED) is 0.662. The molecule has 0 bridgehead atoms. The van der Waals surface area contributed by atoms with Crippen molar-refractivity contribution in [2.24, 2.45) is 0 Å². The molecule has 114 valence electrons. The summed E-state index contributed by atoms with van der Waals surface area (Å²) in [6.45, 7) is 5.44. The van der Waals surface area contributed by atoms with E-state index >= 15 is 0 Å². The van der Waals surface area contributed by atoms with Gasteiger partial charge in [0.25, 0.3) is 0 Å². The molecule has 0 fully saturated rings. The second-order valence-corrected chi connectivity index (χ2v) is 4.55. The van der Waals surface area contributed by atoms with Gasteiger partial charge in [-0.15, -0.1) is 0 Å². The first-order valence-corrected chi connectivity index (χ1v) is 6.33. The number of Topliss-reactive ketones (excluding diaryl/α,β-unsaturated/α-hetero) is 5. The highest BCUT2D eigenvalue weighted by Gasteiger charge is 2.08. The number of aliphatic hydroxyl groups excluding tert-OH is 1.